The van der Waals surface area contributed by atoms with Crippen molar-refractivity contribution in [2.75, 3.05) is 5.32 Å². The van der Waals surface area contributed by atoms with Crippen molar-refractivity contribution in [2.24, 2.45) is 0 Å². The Labute approximate surface area is 125 Å². The van der Waals surface area contributed by atoms with Crippen LogP contribution < -0.4 is 5.32 Å². The molecule has 0 spiro atoms. The summed E-state index contributed by atoms with van der Waals surface area (Å²) in [7, 11) is 0. The van der Waals surface area contributed by atoms with Crippen molar-refractivity contribution >= 4 is 11.8 Å². The Balaban J connectivity index is 2.39. The Hall–Kier alpha value is -2.09. The lowest BCUT2D eigenvalue weighted by molar-refractivity contribution is -0.142. The fraction of sp³-hybridized carbons (Fsp3) is 0.562. The van der Waals surface area contributed by atoms with Gasteiger partial charge in [0, 0.05) is 5.69 Å². The number of nitrogens with one attached hydrogen (secondary N) is 1. The molecule has 2 rings (SSSR count). The third-order valence-electron chi connectivity index (χ3n) is 4.04. The zero-order valence-corrected chi connectivity index (χ0v) is 12.6. The molecule has 1 aliphatic rings. The Morgan fingerprint density at radius 2 is 2.24 bits per heavy atom. The van der Waals surface area contributed by atoms with Crippen LogP contribution in [0.3, 0.4) is 0 Å². The number of aromatic nitrogens is 1. The minimum Gasteiger partial charge on any atom is -0.480 e. The van der Waals surface area contributed by atoms with Crippen LogP contribution in [0.2, 0.25) is 0 Å². The first-order valence-corrected chi connectivity index (χ1v) is 7.44. The van der Waals surface area contributed by atoms with E-state index < -0.39 is 11.5 Å². The van der Waals surface area contributed by atoms with Crippen molar-refractivity contribution in [3.05, 3.63) is 22.9 Å². The zero-order valence-electron chi connectivity index (χ0n) is 12.6. The highest BCUT2D eigenvalue weighted by atomic mass is 16.4. The third-order valence-corrected chi connectivity index (χ3v) is 4.04. The predicted octanol–water partition coefficient (Wildman–Crippen LogP) is 2.89. The monoisotopic (exact) mass is 287 g/mol. The van der Waals surface area contributed by atoms with Gasteiger partial charge in [-0.1, -0.05) is 13.3 Å². The maximum absolute atomic E-state index is 11.5. The molecule has 0 radical (unpaired) electrons. The molecular weight excluding hydrogens is 266 g/mol. The topological polar surface area (TPSA) is 86.0 Å². The number of nitrogens with zero attached hydrogens (tertiary/aromatic N) is 2. The number of carboxylic acids is 1. The van der Waals surface area contributed by atoms with E-state index in [2.05, 4.69) is 16.4 Å². The van der Waals surface area contributed by atoms with Crippen LogP contribution in [0, 0.1) is 11.3 Å². The van der Waals surface area contributed by atoms with Crippen LogP contribution in [-0.2, 0) is 17.6 Å². The number of fused-ring (bicyclic) bond motifs is 1. The molecule has 112 valence electrons. The number of hydrogen-bond acceptors (Lipinski definition) is 4. The SMILES string of the molecule is CCCC(C)(Nc1nc2c(cc1C#N)CCCC2)C(=O)O. The van der Waals surface area contributed by atoms with Crippen LogP contribution in [-0.4, -0.2) is 21.6 Å². The average molecular weight is 287 g/mol. The molecule has 5 nitrogen and oxygen atoms in total. The number of pyridine rings is 1. The summed E-state index contributed by atoms with van der Waals surface area (Å²) in [5.41, 5.74) is 1.44. The second kappa shape index (κ2) is 6.13. The highest BCUT2D eigenvalue weighted by Crippen LogP contribution is 2.27. The van der Waals surface area contributed by atoms with Crippen molar-refractivity contribution in [2.45, 2.75) is 57.9 Å². The summed E-state index contributed by atoms with van der Waals surface area (Å²) in [6.45, 7) is 3.58. The van der Waals surface area contributed by atoms with Crippen molar-refractivity contribution in [1.29, 1.82) is 5.26 Å². The molecule has 0 aliphatic heterocycles. The Morgan fingerprint density at radius 1 is 1.52 bits per heavy atom. The van der Waals surface area contributed by atoms with Gasteiger partial charge in [-0.2, -0.15) is 5.26 Å². The van der Waals surface area contributed by atoms with E-state index in [-0.39, 0.29) is 0 Å². The summed E-state index contributed by atoms with van der Waals surface area (Å²) < 4.78 is 0. The lowest BCUT2D eigenvalue weighted by Gasteiger charge is -2.28. The maximum atomic E-state index is 11.5. The van der Waals surface area contributed by atoms with E-state index >= 15 is 0 Å². The maximum Gasteiger partial charge on any atom is 0.329 e. The molecule has 0 fully saturated rings. The number of rotatable bonds is 5. The molecule has 1 aromatic rings. The second-order valence-electron chi connectivity index (χ2n) is 5.82. The molecule has 1 aliphatic carbocycles. The first-order chi connectivity index (χ1) is 10.00. The Bertz CT molecular complexity index is 592. The van der Waals surface area contributed by atoms with E-state index in [1.54, 1.807) is 6.92 Å². The van der Waals surface area contributed by atoms with Gasteiger partial charge in [0.2, 0.25) is 0 Å². The van der Waals surface area contributed by atoms with E-state index in [1.807, 2.05) is 13.0 Å². The summed E-state index contributed by atoms with van der Waals surface area (Å²) in [5.74, 6) is -0.524. The molecule has 1 unspecified atom stereocenters. The van der Waals surface area contributed by atoms with Crippen molar-refractivity contribution in [3.8, 4) is 6.07 Å². The van der Waals surface area contributed by atoms with Crippen LogP contribution >= 0.6 is 0 Å². The summed E-state index contributed by atoms with van der Waals surface area (Å²) in [5, 5.41) is 21.8. The third kappa shape index (κ3) is 3.15. The lowest BCUT2D eigenvalue weighted by Crippen LogP contribution is -2.43. The number of aliphatic carboxylic acids is 1. The molecule has 0 bridgehead atoms. The van der Waals surface area contributed by atoms with Gasteiger partial charge in [-0.15, -0.1) is 0 Å². The van der Waals surface area contributed by atoms with Gasteiger partial charge in [0.25, 0.3) is 0 Å². The smallest absolute Gasteiger partial charge is 0.329 e. The molecule has 0 saturated heterocycles. The minimum atomic E-state index is -1.10. The minimum absolute atomic E-state index is 0.400. The van der Waals surface area contributed by atoms with Crippen LogP contribution in [0.5, 0.6) is 0 Å². The van der Waals surface area contributed by atoms with E-state index in [0.29, 0.717) is 17.8 Å². The van der Waals surface area contributed by atoms with Crippen LogP contribution in [0.1, 0.15) is 56.4 Å². The molecule has 0 amide bonds. The van der Waals surface area contributed by atoms with E-state index in [1.165, 1.54) is 0 Å². The summed E-state index contributed by atoms with van der Waals surface area (Å²) >= 11 is 0. The predicted molar refractivity (Wildman–Crippen MR) is 80.2 cm³/mol. The fourth-order valence-corrected chi connectivity index (χ4v) is 2.80. The number of aryl methyl sites for hydroxylation is 2. The first kappa shape index (κ1) is 15.3. The van der Waals surface area contributed by atoms with Crippen molar-refractivity contribution in [1.82, 2.24) is 4.98 Å². The van der Waals surface area contributed by atoms with E-state index in [9.17, 15) is 15.2 Å². The number of anilines is 1. The van der Waals surface area contributed by atoms with Crippen molar-refractivity contribution in [3.63, 3.8) is 0 Å². The highest BCUT2D eigenvalue weighted by molar-refractivity contribution is 5.82. The first-order valence-electron chi connectivity index (χ1n) is 7.44. The summed E-state index contributed by atoms with van der Waals surface area (Å²) in [4.78, 5) is 16.1. The van der Waals surface area contributed by atoms with Gasteiger partial charge in [0.15, 0.2) is 0 Å². The highest BCUT2D eigenvalue weighted by Gasteiger charge is 2.33. The lowest BCUT2D eigenvalue weighted by atomic mass is 9.93. The standard InChI is InChI=1S/C16H21N3O2/c1-3-8-16(2,15(20)21)19-14-12(10-17)9-11-6-4-5-7-13(11)18-14/h9H,3-8H2,1-2H3,(H,18,19)(H,20,21). The molecule has 0 aromatic carbocycles. The van der Waals surface area contributed by atoms with E-state index in [4.69, 9.17) is 0 Å². The normalized spacial score (nSPS) is 16.4. The van der Waals surface area contributed by atoms with E-state index in [0.717, 1.165) is 43.4 Å². The van der Waals surface area contributed by atoms with Gasteiger partial charge >= 0.3 is 5.97 Å². The van der Waals surface area contributed by atoms with Crippen molar-refractivity contribution < 1.29 is 9.90 Å². The van der Waals surface area contributed by atoms with Gasteiger partial charge in [-0.3, -0.25) is 0 Å². The van der Waals surface area contributed by atoms with Gasteiger partial charge in [0.1, 0.15) is 17.4 Å². The zero-order chi connectivity index (χ0) is 15.5. The average Bonchev–Trinajstić information content (AvgIpc) is 2.46. The molecule has 2 N–H and O–H groups in total. The van der Waals surface area contributed by atoms with Gasteiger partial charge < -0.3 is 10.4 Å². The van der Waals surface area contributed by atoms with Crippen LogP contribution in [0.4, 0.5) is 5.82 Å². The van der Waals surface area contributed by atoms with Crippen LogP contribution in [0.15, 0.2) is 6.07 Å². The number of nitriles is 1. The number of hydrogen-bond donors (Lipinski definition) is 2. The van der Waals surface area contributed by atoms with Gasteiger partial charge in [-0.25, -0.2) is 9.78 Å². The Kier molecular flexibility index (Phi) is 4.46. The molecule has 1 aromatic heterocycles. The molecule has 1 atom stereocenters. The summed E-state index contributed by atoms with van der Waals surface area (Å²) in [6.07, 6.45) is 5.27. The summed E-state index contributed by atoms with van der Waals surface area (Å²) in [6, 6.07) is 3.99. The largest absolute Gasteiger partial charge is 0.480 e. The van der Waals surface area contributed by atoms with Crippen LogP contribution in [0.25, 0.3) is 0 Å². The second-order valence-corrected chi connectivity index (χ2v) is 5.82. The molecule has 0 saturated carbocycles. The number of carbonyl (C=O) groups is 1. The molecular formula is C16H21N3O2. The van der Waals surface area contributed by atoms with Gasteiger partial charge in [-0.05, 0) is 50.7 Å². The molecule has 21 heavy (non-hydrogen) atoms. The number of carboxylic acid groups (broad SMARTS) is 1. The Morgan fingerprint density at radius 3 is 2.86 bits per heavy atom. The quantitative estimate of drug-likeness (QED) is 0.869. The molecule has 1 heterocycles. The van der Waals surface area contributed by atoms with Gasteiger partial charge in [0.05, 0.1) is 5.56 Å². The molecule has 5 heteroatoms. The fourth-order valence-electron chi connectivity index (χ4n) is 2.80.